The van der Waals surface area contributed by atoms with Crippen LogP contribution in [0.3, 0.4) is 0 Å². The highest BCUT2D eigenvalue weighted by atomic mass is 19.1. The summed E-state index contributed by atoms with van der Waals surface area (Å²) in [5.74, 6) is -0.00669. The van der Waals surface area contributed by atoms with E-state index in [-0.39, 0.29) is 11.5 Å². The molecule has 1 saturated heterocycles. The van der Waals surface area contributed by atoms with Gasteiger partial charge in [-0.1, -0.05) is 0 Å². The Balaban J connectivity index is 1.74. The molecular formula is C24H27F2N5O3. The molecule has 3 atom stereocenters. The zero-order valence-corrected chi connectivity index (χ0v) is 19.7. The first-order chi connectivity index (χ1) is 16.0. The van der Waals surface area contributed by atoms with E-state index >= 15 is 4.39 Å². The number of aryl methyl sites for hydroxylation is 2. The molecular weight excluding hydrogens is 444 g/mol. The van der Waals surface area contributed by atoms with Gasteiger partial charge in [0.25, 0.3) is 0 Å². The molecule has 0 radical (unpaired) electrons. The van der Waals surface area contributed by atoms with E-state index in [1.165, 1.54) is 26.5 Å². The van der Waals surface area contributed by atoms with Gasteiger partial charge < -0.3 is 9.72 Å². The van der Waals surface area contributed by atoms with Crippen molar-refractivity contribution in [1.82, 2.24) is 24.2 Å². The van der Waals surface area contributed by atoms with Crippen molar-refractivity contribution in [3.63, 3.8) is 0 Å². The molecule has 5 rings (SSSR count). The molecule has 1 N–H and O–H groups in total. The van der Waals surface area contributed by atoms with Gasteiger partial charge in [-0.2, -0.15) is 5.10 Å². The van der Waals surface area contributed by atoms with E-state index in [9.17, 15) is 14.0 Å². The summed E-state index contributed by atoms with van der Waals surface area (Å²) in [6.07, 6.45) is 1.83. The van der Waals surface area contributed by atoms with Gasteiger partial charge in [-0.05, 0) is 70.7 Å². The number of ether oxygens (including phenoxy) is 1. The number of benzene rings is 1. The number of carbonyl (C=O) groups excluding carboxylic acids is 1. The van der Waals surface area contributed by atoms with Crippen LogP contribution in [0.4, 0.5) is 13.6 Å². The van der Waals surface area contributed by atoms with Crippen molar-refractivity contribution in [2.45, 2.75) is 71.3 Å². The SMILES string of the molecule is Cc1cc(-n2nc3c(c2-n2cc[nH]c2=O)C2CCC([C@@H]3F)N2C(=O)OC(C)(C)C)cc(C)c1F. The molecule has 2 aliphatic rings. The zero-order chi connectivity index (χ0) is 24.5. The quantitative estimate of drug-likeness (QED) is 0.593. The van der Waals surface area contributed by atoms with Crippen LogP contribution in [0.15, 0.2) is 29.3 Å². The first kappa shape index (κ1) is 22.4. The molecule has 0 aliphatic carbocycles. The average molecular weight is 472 g/mol. The van der Waals surface area contributed by atoms with E-state index in [4.69, 9.17) is 4.74 Å². The number of hydrogen-bond acceptors (Lipinski definition) is 4. The molecule has 34 heavy (non-hydrogen) atoms. The highest BCUT2D eigenvalue weighted by Gasteiger charge is 2.53. The maximum Gasteiger partial charge on any atom is 0.411 e. The predicted octanol–water partition coefficient (Wildman–Crippen LogP) is 4.57. The van der Waals surface area contributed by atoms with E-state index in [1.54, 1.807) is 46.8 Å². The number of nitrogens with zero attached hydrogens (tertiary/aromatic N) is 4. The number of halogens is 2. The summed E-state index contributed by atoms with van der Waals surface area (Å²) in [6, 6.07) is 2.01. The van der Waals surface area contributed by atoms with Crippen LogP contribution in [-0.4, -0.2) is 42.0 Å². The van der Waals surface area contributed by atoms with Crippen molar-refractivity contribution < 1.29 is 18.3 Å². The fourth-order valence-corrected chi connectivity index (χ4v) is 5.07. The standard InChI is InChI=1S/C24H27F2N5O3/c1-12-10-14(11-13(2)18(12)25)31-21(29-9-8-27-22(29)32)17-15-6-7-16(19(26)20(17)28-31)30(15)23(33)34-24(3,4)5/h8-11,15-16,19H,6-7H2,1-5H3,(H,27,32)/t15?,16?,19-/m0/s1. The summed E-state index contributed by atoms with van der Waals surface area (Å²) in [7, 11) is 0. The largest absolute Gasteiger partial charge is 0.444 e. The smallest absolute Gasteiger partial charge is 0.411 e. The molecule has 3 aromatic rings. The van der Waals surface area contributed by atoms with Crippen molar-refractivity contribution in [3.05, 3.63) is 63.2 Å². The molecule has 1 amide bonds. The molecule has 8 nitrogen and oxygen atoms in total. The third kappa shape index (κ3) is 3.35. The highest BCUT2D eigenvalue weighted by Crippen LogP contribution is 2.52. The van der Waals surface area contributed by atoms with Crippen LogP contribution in [0.2, 0.25) is 0 Å². The van der Waals surface area contributed by atoms with Crippen LogP contribution < -0.4 is 5.69 Å². The minimum absolute atomic E-state index is 0.190. The number of aromatic nitrogens is 4. The number of alkyl halides is 1. The Morgan fingerprint density at radius 1 is 1.21 bits per heavy atom. The second-order valence-electron chi connectivity index (χ2n) is 10.0. The predicted molar refractivity (Wildman–Crippen MR) is 121 cm³/mol. The lowest BCUT2D eigenvalue weighted by Gasteiger charge is -2.37. The fourth-order valence-electron chi connectivity index (χ4n) is 5.07. The van der Waals surface area contributed by atoms with Crippen molar-refractivity contribution >= 4 is 6.09 Å². The van der Waals surface area contributed by atoms with Crippen LogP contribution in [0.5, 0.6) is 0 Å². The van der Waals surface area contributed by atoms with Crippen molar-refractivity contribution in [3.8, 4) is 11.5 Å². The van der Waals surface area contributed by atoms with Crippen molar-refractivity contribution in [2.24, 2.45) is 0 Å². The molecule has 1 aromatic carbocycles. The van der Waals surface area contributed by atoms with Gasteiger partial charge >= 0.3 is 11.8 Å². The lowest BCUT2D eigenvalue weighted by Crippen LogP contribution is -2.45. The number of rotatable bonds is 2. The number of imidazole rings is 1. The molecule has 2 aliphatic heterocycles. The number of amides is 1. The Morgan fingerprint density at radius 3 is 2.47 bits per heavy atom. The number of nitrogens with one attached hydrogen (secondary N) is 1. The second-order valence-corrected chi connectivity index (χ2v) is 10.0. The third-order valence-electron chi connectivity index (χ3n) is 6.43. The molecule has 180 valence electrons. The summed E-state index contributed by atoms with van der Waals surface area (Å²) in [5.41, 5.74) is 0.799. The maximum absolute atomic E-state index is 15.9. The molecule has 2 unspecified atom stereocenters. The van der Waals surface area contributed by atoms with Gasteiger partial charge in [0.2, 0.25) is 0 Å². The van der Waals surface area contributed by atoms with Crippen molar-refractivity contribution in [1.29, 1.82) is 0 Å². The van der Waals surface area contributed by atoms with Crippen LogP contribution in [0, 0.1) is 19.7 Å². The molecule has 0 saturated carbocycles. The third-order valence-corrected chi connectivity index (χ3v) is 6.43. The highest BCUT2D eigenvalue weighted by molar-refractivity contribution is 5.71. The van der Waals surface area contributed by atoms with Crippen LogP contribution >= 0.6 is 0 Å². The Kier molecular flexibility index (Phi) is 4.96. The van der Waals surface area contributed by atoms with Gasteiger partial charge in [-0.15, -0.1) is 0 Å². The maximum atomic E-state index is 15.9. The Bertz CT molecular complexity index is 1330. The summed E-state index contributed by atoms with van der Waals surface area (Å²) in [5, 5.41) is 4.59. The molecule has 10 heteroatoms. The van der Waals surface area contributed by atoms with Gasteiger partial charge in [0, 0.05) is 18.0 Å². The minimum Gasteiger partial charge on any atom is -0.444 e. The number of carbonyl (C=O) groups is 1. The van der Waals surface area contributed by atoms with E-state index in [1.807, 2.05) is 0 Å². The Labute approximate surface area is 195 Å². The number of fused-ring (bicyclic) bond motifs is 4. The van der Waals surface area contributed by atoms with Crippen molar-refractivity contribution in [2.75, 3.05) is 0 Å². The van der Waals surface area contributed by atoms with E-state index in [0.717, 1.165) is 0 Å². The number of aromatic amines is 1. The summed E-state index contributed by atoms with van der Waals surface area (Å²) in [4.78, 5) is 29.8. The molecule has 1 fully saturated rings. The van der Waals surface area contributed by atoms with Gasteiger partial charge in [-0.3, -0.25) is 9.47 Å². The van der Waals surface area contributed by atoms with E-state index < -0.39 is 35.6 Å². The van der Waals surface area contributed by atoms with E-state index in [0.29, 0.717) is 41.0 Å². The lowest BCUT2D eigenvalue weighted by molar-refractivity contribution is 0.00107. The Hall–Kier alpha value is -3.43. The Morgan fingerprint density at radius 2 is 1.88 bits per heavy atom. The second kappa shape index (κ2) is 7.54. The molecule has 4 heterocycles. The summed E-state index contributed by atoms with van der Waals surface area (Å²) >= 11 is 0. The van der Waals surface area contributed by atoms with Crippen LogP contribution in [0.25, 0.3) is 11.5 Å². The van der Waals surface area contributed by atoms with Gasteiger partial charge in [-0.25, -0.2) is 23.1 Å². The lowest BCUT2D eigenvalue weighted by atomic mass is 9.98. The monoisotopic (exact) mass is 471 g/mol. The molecule has 2 bridgehead atoms. The first-order valence-corrected chi connectivity index (χ1v) is 11.3. The topological polar surface area (TPSA) is 85.2 Å². The number of H-pyrrole nitrogens is 1. The van der Waals surface area contributed by atoms with Crippen LogP contribution in [0.1, 0.15) is 68.2 Å². The summed E-state index contributed by atoms with van der Waals surface area (Å²) in [6.45, 7) is 8.56. The zero-order valence-electron chi connectivity index (χ0n) is 19.7. The first-order valence-electron chi connectivity index (χ1n) is 11.3. The van der Waals surface area contributed by atoms with Gasteiger partial charge in [0.1, 0.15) is 22.9 Å². The number of hydrogen-bond donors (Lipinski definition) is 1. The van der Waals surface area contributed by atoms with E-state index in [2.05, 4.69) is 10.1 Å². The normalized spacial score (nSPS) is 21.6. The minimum atomic E-state index is -1.56. The van der Waals surface area contributed by atoms with Gasteiger partial charge in [0.15, 0.2) is 6.17 Å². The molecule has 2 aromatic heterocycles. The molecule has 0 spiro atoms. The fraction of sp³-hybridized carbons (Fsp3) is 0.458. The van der Waals surface area contributed by atoms with Crippen LogP contribution in [-0.2, 0) is 4.74 Å². The van der Waals surface area contributed by atoms with Gasteiger partial charge in [0.05, 0.1) is 17.8 Å². The average Bonchev–Trinajstić information content (AvgIpc) is 3.43. The summed E-state index contributed by atoms with van der Waals surface area (Å²) < 4.78 is 38.7.